The number of hydrogen-bond acceptors (Lipinski definition) is 4. The Labute approximate surface area is 112 Å². The molecule has 3 nitrogen and oxygen atoms in total. The quantitative estimate of drug-likeness (QED) is 0.787. The molecule has 1 aromatic heterocycles. The van der Waals surface area contributed by atoms with Crippen LogP contribution in [0.3, 0.4) is 0 Å². The van der Waals surface area contributed by atoms with Crippen LogP contribution < -0.4 is 4.74 Å². The maximum Gasteiger partial charge on any atom is 0.237 e. The van der Waals surface area contributed by atoms with E-state index in [0.29, 0.717) is 11.6 Å². The van der Waals surface area contributed by atoms with Crippen molar-refractivity contribution in [3.05, 3.63) is 41.1 Å². The van der Waals surface area contributed by atoms with E-state index in [1.165, 1.54) is 12.1 Å². The lowest BCUT2D eigenvalue weighted by molar-refractivity contribution is 0.446. The van der Waals surface area contributed by atoms with Crippen LogP contribution in [0, 0.1) is 5.82 Å². The minimum atomic E-state index is -0.303. The van der Waals surface area contributed by atoms with E-state index in [1.54, 1.807) is 23.9 Å². The van der Waals surface area contributed by atoms with E-state index in [-0.39, 0.29) is 11.1 Å². The molecule has 0 unspecified atom stereocenters. The van der Waals surface area contributed by atoms with Crippen molar-refractivity contribution >= 4 is 23.4 Å². The lowest BCUT2D eigenvalue weighted by Crippen LogP contribution is -1.96. The molecule has 0 spiro atoms. The molecule has 6 heteroatoms. The second kappa shape index (κ2) is 4.74. The van der Waals surface area contributed by atoms with Gasteiger partial charge in [0.1, 0.15) is 11.6 Å². The normalized spacial score (nSPS) is 13.4. The molecule has 0 saturated carbocycles. The molecule has 0 bridgehead atoms. The van der Waals surface area contributed by atoms with Crippen molar-refractivity contribution < 1.29 is 9.13 Å². The second-order valence-corrected chi connectivity index (χ2v) is 5.17. The van der Waals surface area contributed by atoms with Crippen molar-refractivity contribution in [1.82, 2.24) is 9.97 Å². The minimum Gasteiger partial charge on any atom is -0.438 e. The van der Waals surface area contributed by atoms with Crippen LogP contribution in [0.2, 0.25) is 5.28 Å². The van der Waals surface area contributed by atoms with E-state index >= 15 is 0 Å². The molecule has 0 saturated heterocycles. The van der Waals surface area contributed by atoms with Gasteiger partial charge in [0.05, 0.1) is 10.6 Å². The Kier molecular flexibility index (Phi) is 3.09. The van der Waals surface area contributed by atoms with Gasteiger partial charge in [-0.05, 0) is 35.9 Å². The summed E-state index contributed by atoms with van der Waals surface area (Å²) < 4.78 is 18.4. The van der Waals surface area contributed by atoms with Crippen molar-refractivity contribution in [3.8, 4) is 11.6 Å². The first-order valence-electron chi connectivity index (χ1n) is 5.35. The van der Waals surface area contributed by atoms with Gasteiger partial charge in [-0.15, -0.1) is 11.8 Å². The van der Waals surface area contributed by atoms with Gasteiger partial charge in [-0.1, -0.05) is 0 Å². The van der Waals surface area contributed by atoms with Crippen LogP contribution in [0.1, 0.15) is 5.69 Å². The summed E-state index contributed by atoms with van der Waals surface area (Å²) >= 11 is 7.49. The van der Waals surface area contributed by atoms with Crippen LogP contribution in [-0.4, -0.2) is 15.7 Å². The van der Waals surface area contributed by atoms with E-state index in [2.05, 4.69) is 9.97 Å². The van der Waals surface area contributed by atoms with Gasteiger partial charge in [-0.2, -0.15) is 4.98 Å². The van der Waals surface area contributed by atoms with Gasteiger partial charge in [-0.25, -0.2) is 9.37 Å². The average molecular weight is 283 g/mol. The summed E-state index contributed by atoms with van der Waals surface area (Å²) in [7, 11) is 0. The lowest BCUT2D eigenvalue weighted by atomic mass is 10.3. The molecule has 0 radical (unpaired) electrons. The van der Waals surface area contributed by atoms with Crippen molar-refractivity contribution in [1.29, 1.82) is 0 Å². The smallest absolute Gasteiger partial charge is 0.237 e. The van der Waals surface area contributed by atoms with Gasteiger partial charge >= 0.3 is 0 Å². The first kappa shape index (κ1) is 11.7. The largest absolute Gasteiger partial charge is 0.438 e. The van der Waals surface area contributed by atoms with Gasteiger partial charge < -0.3 is 4.74 Å². The summed E-state index contributed by atoms with van der Waals surface area (Å²) in [5.74, 6) is 1.62. The fourth-order valence-corrected chi connectivity index (χ4v) is 2.90. The van der Waals surface area contributed by atoms with Gasteiger partial charge in [-0.3, -0.25) is 0 Å². The molecule has 1 aromatic carbocycles. The molecule has 0 aliphatic carbocycles. The van der Waals surface area contributed by atoms with Gasteiger partial charge in [0, 0.05) is 12.2 Å². The minimum absolute atomic E-state index is 0.174. The van der Waals surface area contributed by atoms with E-state index in [0.717, 1.165) is 22.8 Å². The molecular weight excluding hydrogens is 275 g/mol. The number of hydrogen-bond donors (Lipinski definition) is 0. The van der Waals surface area contributed by atoms with Gasteiger partial charge in [0.2, 0.25) is 11.2 Å². The number of ether oxygens (including phenoxy) is 1. The fraction of sp³-hybridized carbons (Fsp3) is 0.167. The van der Waals surface area contributed by atoms with Crippen molar-refractivity contribution in [2.45, 2.75) is 11.3 Å². The Morgan fingerprint density at radius 2 is 2.00 bits per heavy atom. The molecule has 0 fully saturated rings. The van der Waals surface area contributed by atoms with Crippen LogP contribution in [0.25, 0.3) is 0 Å². The number of fused-ring (bicyclic) bond motifs is 1. The predicted molar refractivity (Wildman–Crippen MR) is 67.9 cm³/mol. The highest BCUT2D eigenvalue weighted by Gasteiger charge is 2.21. The standard InChI is InChI=1S/C12H8ClFN2OS/c13-12-15-9-5-6-18-10(9)11(16-12)17-8-3-1-7(14)2-4-8/h1-4H,5-6H2. The monoisotopic (exact) mass is 282 g/mol. The van der Waals surface area contributed by atoms with E-state index in [1.807, 2.05) is 0 Å². The zero-order valence-electron chi connectivity index (χ0n) is 9.19. The lowest BCUT2D eigenvalue weighted by Gasteiger charge is -2.08. The van der Waals surface area contributed by atoms with Gasteiger partial charge in [0.25, 0.3) is 0 Å². The summed E-state index contributed by atoms with van der Waals surface area (Å²) in [5.41, 5.74) is 0.914. The second-order valence-electron chi connectivity index (χ2n) is 3.73. The summed E-state index contributed by atoms with van der Waals surface area (Å²) in [5, 5.41) is 0.174. The first-order chi connectivity index (χ1) is 8.72. The molecule has 1 aliphatic rings. The van der Waals surface area contributed by atoms with E-state index < -0.39 is 0 Å². The summed E-state index contributed by atoms with van der Waals surface area (Å²) in [6, 6.07) is 5.78. The summed E-state index contributed by atoms with van der Waals surface area (Å²) in [6.07, 6.45) is 0.863. The highest BCUT2D eigenvalue weighted by Crippen LogP contribution is 2.39. The first-order valence-corrected chi connectivity index (χ1v) is 6.71. The summed E-state index contributed by atoms with van der Waals surface area (Å²) in [4.78, 5) is 9.16. The highest BCUT2D eigenvalue weighted by molar-refractivity contribution is 7.99. The fourth-order valence-electron chi connectivity index (χ4n) is 1.69. The molecular formula is C12H8ClFN2OS. The number of aromatic nitrogens is 2. The van der Waals surface area contributed by atoms with Crippen molar-refractivity contribution in [3.63, 3.8) is 0 Å². The molecule has 2 aromatic rings. The third-order valence-corrected chi connectivity index (χ3v) is 3.77. The number of halogens is 2. The zero-order valence-corrected chi connectivity index (χ0v) is 10.8. The maximum absolute atomic E-state index is 12.8. The Bertz CT molecular complexity index is 591. The summed E-state index contributed by atoms with van der Waals surface area (Å²) in [6.45, 7) is 0. The Balaban J connectivity index is 1.95. The van der Waals surface area contributed by atoms with Crippen LogP contribution in [0.4, 0.5) is 4.39 Å². The molecule has 1 aliphatic heterocycles. The van der Waals surface area contributed by atoms with E-state index in [4.69, 9.17) is 16.3 Å². The van der Waals surface area contributed by atoms with E-state index in [9.17, 15) is 4.39 Å². The van der Waals surface area contributed by atoms with Crippen molar-refractivity contribution in [2.24, 2.45) is 0 Å². The third-order valence-electron chi connectivity index (χ3n) is 2.49. The molecule has 0 atom stereocenters. The number of nitrogens with zero attached hydrogens (tertiary/aromatic N) is 2. The highest BCUT2D eigenvalue weighted by atomic mass is 35.5. The SMILES string of the molecule is Fc1ccc(Oc2nc(Cl)nc3c2SCC3)cc1. The number of aryl methyl sites for hydroxylation is 1. The number of thioether (sulfide) groups is 1. The third kappa shape index (κ3) is 2.28. The predicted octanol–water partition coefficient (Wildman–Crippen LogP) is 3.71. The zero-order chi connectivity index (χ0) is 12.5. The average Bonchev–Trinajstić information content (AvgIpc) is 2.80. The molecule has 3 rings (SSSR count). The topological polar surface area (TPSA) is 35.0 Å². The van der Waals surface area contributed by atoms with Crippen LogP contribution >= 0.6 is 23.4 Å². The van der Waals surface area contributed by atoms with Gasteiger partial charge in [0.15, 0.2) is 0 Å². The molecule has 92 valence electrons. The Morgan fingerprint density at radius 1 is 1.22 bits per heavy atom. The Hall–Kier alpha value is -1.33. The number of benzene rings is 1. The van der Waals surface area contributed by atoms with Crippen LogP contribution in [0.5, 0.6) is 11.6 Å². The van der Waals surface area contributed by atoms with Crippen LogP contribution in [0.15, 0.2) is 29.2 Å². The molecule has 18 heavy (non-hydrogen) atoms. The molecule has 0 amide bonds. The number of rotatable bonds is 2. The molecule has 0 N–H and O–H groups in total. The molecule has 2 heterocycles. The van der Waals surface area contributed by atoms with Crippen LogP contribution in [-0.2, 0) is 6.42 Å². The van der Waals surface area contributed by atoms with Crippen molar-refractivity contribution in [2.75, 3.05) is 5.75 Å². The maximum atomic E-state index is 12.8. The Morgan fingerprint density at radius 3 is 2.78 bits per heavy atom.